The van der Waals surface area contributed by atoms with Crippen molar-refractivity contribution in [1.29, 1.82) is 0 Å². The van der Waals surface area contributed by atoms with Crippen molar-refractivity contribution in [1.82, 2.24) is 4.90 Å². The quantitative estimate of drug-likeness (QED) is 0.930. The number of benzene rings is 1. The van der Waals surface area contributed by atoms with E-state index in [1.807, 2.05) is 45.0 Å². The maximum Gasteiger partial charge on any atom is 0.410 e. The SMILES string of the molecule is COc1ccc(C(O)C2CN(C(=O)OC(C)(C)C)C2)cc1. The molecule has 1 saturated heterocycles. The fraction of sp³-hybridized carbons (Fsp3) is 0.562. The van der Waals surface area contributed by atoms with Gasteiger partial charge in [0.1, 0.15) is 11.4 Å². The monoisotopic (exact) mass is 293 g/mol. The number of nitrogens with zero attached hydrogens (tertiary/aromatic N) is 1. The Bertz CT molecular complexity index is 486. The second kappa shape index (κ2) is 5.93. The molecule has 0 aliphatic carbocycles. The molecular weight excluding hydrogens is 270 g/mol. The lowest BCUT2D eigenvalue weighted by molar-refractivity contribution is -0.0314. The molecule has 2 rings (SSSR count). The van der Waals surface area contributed by atoms with E-state index in [1.54, 1.807) is 12.0 Å². The van der Waals surface area contributed by atoms with Crippen LogP contribution in [0.25, 0.3) is 0 Å². The molecule has 1 unspecified atom stereocenters. The number of likely N-dealkylation sites (tertiary alicyclic amines) is 1. The highest BCUT2D eigenvalue weighted by atomic mass is 16.6. The van der Waals surface area contributed by atoms with Crippen LogP contribution in [0.4, 0.5) is 4.79 Å². The fourth-order valence-electron chi connectivity index (χ4n) is 2.26. The van der Waals surface area contributed by atoms with Crippen LogP contribution in [-0.4, -0.2) is 41.9 Å². The molecule has 1 fully saturated rings. The third-order valence-corrected chi connectivity index (χ3v) is 3.47. The van der Waals surface area contributed by atoms with Gasteiger partial charge in [-0.1, -0.05) is 12.1 Å². The number of hydrogen-bond acceptors (Lipinski definition) is 4. The second-order valence-electron chi connectivity index (χ2n) is 6.36. The van der Waals surface area contributed by atoms with Crippen LogP contribution in [0.2, 0.25) is 0 Å². The third kappa shape index (κ3) is 3.88. The maximum atomic E-state index is 11.8. The highest BCUT2D eigenvalue weighted by Gasteiger charge is 2.38. The largest absolute Gasteiger partial charge is 0.497 e. The van der Waals surface area contributed by atoms with E-state index in [0.717, 1.165) is 11.3 Å². The van der Waals surface area contributed by atoms with Gasteiger partial charge >= 0.3 is 6.09 Å². The van der Waals surface area contributed by atoms with Gasteiger partial charge in [-0.3, -0.25) is 0 Å². The lowest BCUT2D eigenvalue weighted by atomic mass is 9.89. The van der Waals surface area contributed by atoms with Crippen molar-refractivity contribution in [2.24, 2.45) is 5.92 Å². The molecule has 1 N–H and O–H groups in total. The standard InChI is InChI=1S/C16H23NO4/c1-16(2,3)21-15(19)17-9-12(10-17)14(18)11-5-7-13(20-4)8-6-11/h5-8,12,14,18H,9-10H2,1-4H3. The zero-order valence-electron chi connectivity index (χ0n) is 13.0. The van der Waals surface area contributed by atoms with Crippen molar-refractivity contribution in [3.05, 3.63) is 29.8 Å². The molecule has 1 aliphatic heterocycles. The van der Waals surface area contributed by atoms with Gasteiger partial charge in [0, 0.05) is 19.0 Å². The molecule has 0 bridgehead atoms. The number of ether oxygens (including phenoxy) is 2. The molecule has 1 aliphatic rings. The van der Waals surface area contributed by atoms with Crippen molar-refractivity contribution in [3.8, 4) is 5.75 Å². The van der Waals surface area contributed by atoms with Gasteiger partial charge in [-0.25, -0.2) is 4.79 Å². The van der Waals surface area contributed by atoms with Gasteiger partial charge in [-0.2, -0.15) is 0 Å². The van der Waals surface area contributed by atoms with Gasteiger partial charge in [0.15, 0.2) is 0 Å². The molecule has 21 heavy (non-hydrogen) atoms. The average molecular weight is 293 g/mol. The zero-order chi connectivity index (χ0) is 15.6. The summed E-state index contributed by atoms with van der Waals surface area (Å²) < 4.78 is 10.4. The van der Waals surface area contributed by atoms with E-state index in [9.17, 15) is 9.90 Å². The number of methoxy groups -OCH3 is 1. The minimum Gasteiger partial charge on any atom is -0.497 e. The Hall–Kier alpha value is -1.75. The molecule has 0 radical (unpaired) electrons. The van der Waals surface area contributed by atoms with E-state index in [4.69, 9.17) is 9.47 Å². The van der Waals surface area contributed by atoms with Crippen LogP contribution in [0, 0.1) is 5.92 Å². The summed E-state index contributed by atoms with van der Waals surface area (Å²) in [7, 11) is 1.61. The van der Waals surface area contributed by atoms with Crippen molar-refractivity contribution < 1.29 is 19.4 Å². The Morgan fingerprint density at radius 1 is 1.29 bits per heavy atom. The molecule has 0 aromatic heterocycles. The Balaban J connectivity index is 1.87. The predicted molar refractivity (Wildman–Crippen MR) is 79.3 cm³/mol. The normalized spacial score (nSPS) is 17.1. The number of carbonyl (C=O) groups excluding carboxylic acids is 1. The average Bonchev–Trinajstić information content (AvgIpc) is 2.34. The lowest BCUT2D eigenvalue weighted by Crippen LogP contribution is -2.53. The minimum absolute atomic E-state index is 0.0471. The summed E-state index contributed by atoms with van der Waals surface area (Å²) >= 11 is 0. The van der Waals surface area contributed by atoms with Crippen LogP contribution < -0.4 is 4.74 Å². The third-order valence-electron chi connectivity index (χ3n) is 3.47. The summed E-state index contributed by atoms with van der Waals surface area (Å²) in [4.78, 5) is 13.4. The number of aliphatic hydroxyl groups is 1. The van der Waals surface area contributed by atoms with Crippen molar-refractivity contribution in [2.45, 2.75) is 32.5 Å². The molecule has 1 aromatic carbocycles. The Morgan fingerprint density at radius 2 is 1.86 bits per heavy atom. The first kappa shape index (κ1) is 15.6. The van der Waals surface area contributed by atoms with Crippen LogP contribution in [0.5, 0.6) is 5.75 Å². The van der Waals surface area contributed by atoms with Gasteiger partial charge in [0.2, 0.25) is 0 Å². The highest BCUT2D eigenvalue weighted by molar-refractivity contribution is 5.69. The summed E-state index contributed by atoms with van der Waals surface area (Å²) in [5, 5.41) is 10.3. The first-order valence-electron chi connectivity index (χ1n) is 7.10. The molecular formula is C16H23NO4. The molecule has 5 nitrogen and oxygen atoms in total. The van der Waals surface area contributed by atoms with Crippen molar-refractivity contribution in [2.75, 3.05) is 20.2 Å². The van der Waals surface area contributed by atoms with E-state index in [1.165, 1.54) is 0 Å². The zero-order valence-corrected chi connectivity index (χ0v) is 13.0. The Morgan fingerprint density at radius 3 is 2.33 bits per heavy atom. The molecule has 1 aromatic rings. The number of rotatable bonds is 3. The minimum atomic E-state index is -0.574. The summed E-state index contributed by atoms with van der Waals surface area (Å²) in [6.45, 7) is 6.56. The second-order valence-corrected chi connectivity index (χ2v) is 6.36. The van der Waals surface area contributed by atoms with Crippen LogP contribution in [-0.2, 0) is 4.74 Å². The van der Waals surface area contributed by atoms with Gasteiger partial charge < -0.3 is 19.5 Å². The van der Waals surface area contributed by atoms with Gasteiger partial charge in [0.05, 0.1) is 13.2 Å². The molecule has 0 spiro atoms. The number of hydrogen-bond donors (Lipinski definition) is 1. The fourth-order valence-corrected chi connectivity index (χ4v) is 2.26. The number of aliphatic hydroxyl groups excluding tert-OH is 1. The molecule has 1 atom stereocenters. The molecule has 5 heteroatoms. The smallest absolute Gasteiger partial charge is 0.410 e. The topological polar surface area (TPSA) is 59.0 Å². The first-order chi connectivity index (χ1) is 9.80. The molecule has 1 amide bonds. The van der Waals surface area contributed by atoms with Crippen LogP contribution in [0.1, 0.15) is 32.4 Å². The Labute approximate surface area is 125 Å². The van der Waals surface area contributed by atoms with Crippen molar-refractivity contribution in [3.63, 3.8) is 0 Å². The summed E-state index contributed by atoms with van der Waals surface area (Å²) in [5.74, 6) is 0.806. The molecule has 0 saturated carbocycles. The Kier molecular flexibility index (Phi) is 4.42. The summed E-state index contributed by atoms with van der Waals surface area (Å²) in [5.41, 5.74) is 0.348. The van der Waals surface area contributed by atoms with E-state index in [2.05, 4.69) is 0 Å². The van der Waals surface area contributed by atoms with Crippen LogP contribution in [0.3, 0.4) is 0 Å². The van der Waals surface area contributed by atoms with Gasteiger partial charge in [-0.05, 0) is 38.5 Å². The molecule has 116 valence electrons. The maximum absolute atomic E-state index is 11.8. The van der Waals surface area contributed by atoms with E-state index in [0.29, 0.717) is 13.1 Å². The van der Waals surface area contributed by atoms with Gasteiger partial charge in [0.25, 0.3) is 0 Å². The van der Waals surface area contributed by atoms with E-state index >= 15 is 0 Å². The lowest BCUT2D eigenvalue weighted by Gasteiger charge is -2.42. The van der Waals surface area contributed by atoms with Gasteiger partial charge in [-0.15, -0.1) is 0 Å². The number of carbonyl (C=O) groups is 1. The predicted octanol–water partition coefficient (Wildman–Crippen LogP) is 2.60. The summed E-state index contributed by atoms with van der Waals surface area (Å²) in [6.07, 6.45) is -0.893. The van der Waals surface area contributed by atoms with E-state index in [-0.39, 0.29) is 12.0 Å². The highest BCUT2D eigenvalue weighted by Crippen LogP contribution is 2.31. The van der Waals surface area contributed by atoms with Crippen LogP contribution >= 0.6 is 0 Å². The number of amides is 1. The van der Waals surface area contributed by atoms with Crippen LogP contribution in [0.15, 0.2) is 24.3 Å². The first-order valence-corrected chi connectivity index (χ1v) is 7.10. The van der Waals surface area contributed by atoms with E-state index < -0.39 is 11.7 Å². The van der Waals surface area contributed by atoms with Crippen molar-refractivity contribution >= 4 is 6.09 Å². The molecule has 1 heterocycles. The summed E-state index contributed by atoms with van der Waals surface area (Å²) in [6, 6.07) is 7.34.